The van der Waals surface area contributed by atoms with Crippen LogP contribution in [-0.4, -0.2) is 44.4 Å². The van der Waals surface area contributed by atoms with E-state index in [-0.39, 0.29) is 13.2 Å². The summed E-state index contributed by atoms with van der Waals surface area (Å²) in [5.74, 6) is -0.527. The summed E-state index contributed by atoms with van der Waals surface area (Å²) in [4.78, 5) is 0. The Balaban J connectivity index is 2.75. The first-order valence-corrected chi connectivity index (χ1v) is 5.38. The van der Waals surface area contributed by atoms with Gasteiger partial charge in [0.2, 0.25) is 10.0 Å². The van der Waals surface area contributed by atoms with Gasteiger partial charge < -0.3 is 10.5 Å². The molecule has 1 heterocycles. The van der Waals surface area contributed by atoms with E-state index in [0.717, 1.165) is 4.31 Å². The molecule has 74 valence electrons. The van der Waals surface area contributed by atoms with E-state index in [4.69, 9.17) is 15.7 Å². The summed E-state index contributed by atoms with van der Waals surface area (Å²) in [6.45, 7) is 0.744. The van der Waals surface area contributed by atoms with Crippen LogP contribution in [0.15, 0.2) is 0 Å². The number of hydrogen-bond donors (Lipinski definition) is 1. The molecule has 1 fully saturated rings. The minimum atomic E-state index is -3.52. The van der Waals surface area contributed by atoms with Crippen LogP contribution < -0.4 is 5.73 Å². The highest BCUT2D eigenvalue weighted by Crippen LogP contribution is 2.08. The molecule has 0 bridgehead atoms. The molecule has 0 aromatic carbocycles. The summed E-state index contributed by atoms with van der Waals surface area (Å²) < 4.78 is 28.8. The first-order valence-electron chi connectivity index (χ1n) is 3.78. The number of nitrogens with zero attached hydrogens (tertiary/aromatic N) is 2. The van der Waals surface area contributed by atoms with Crippen molar-refractivity contribution in [1.29, 1.82) is 5.26 Å². The lowest BCUT2D eigenvalue weighted by Crippen LogP contribution is -2.53. The number of sulfonamides is 1. The Hall–Kier alpha value is -0.680. The Labute approximate surface area is 76.9 Å². The van der Waals surface area contributed by atoms with Crippen molar-refractivity contribution in [3.63, 3.8) is 0 Å². The second kappa shape index (κ2) is 4.02. The molecule has 0 radical (unpaired) electrons. The fourth-order valence-corrected chi connectivity index (χ4v) is 2.27. The standard InChI is InChI=1S/C6H11N3O3S/c7-1-4-13(10,11)9-2-3-12-5-6(9)8/h6H,2-5,8H2. The van der Waals surface area contributed by atoms with Crippen molar-refractivity contribution in [2.24, 2.45) is 5.73 Å². The van der Waals surface area contributed by atoms with Gasteiger partial charge in [0.15, 0.2) is 5.75 Å². The molecular weight excluding hydrogens is 194 g/mol. The lowest BCUT2D eigenvalue weighted by Gasteiger charge is -2.30. The highest BCUT2D eigenvalue weighted by molar-refractivity contribution is 7.89. The summed E-state index contributed by atoms with van der Waals surface area (Å²) in [6.07, 6.45) is -0.660. The van der Waals surface area contributed by atoms with E-state index in [1.54, 1.807) is 6.07 Å². The second-order valence-electron chi connectivity index (χ2n) is 2.67. The summed E-state index contributed by atoms with van der Waals surface area (Å²) in [5.41, 5.74) is 5.51. The van der Waals surface area contributed by atoms with E-state index in [1.165, 1.54) is 0 Å². The molecule has 1 aliphatic rings. The van der Waals surface area contributed by atoms with Crippen molar-refractivity contribution in [3.8, 4) is 6.07 Å². The zero-order chi connectivity index (χ0) is 9.90. The Morgan fingerprint density at radius 2 is 2.38 bits per heavy atom. The van der Waals surface area contributed by atoms with Crippen LogP contribution in [0, 0.1) is 11.3 Å². The fourth-order valence-electron chi connectivity index (χ4n) is 1.12. The van der Waals surface area contributed by atoms with Crippen LogP contribution in [0.2, 0.25) is 0 Å². The number of nitriles is 1. The van der Waals surface area contributed by atoms with Gasteiger partial charge in [0, 0.05) is 6.54 Å². The average molecular weight is 205 g/mol. The highest BCUT2D eigenvalue weighted by atomic mass is 32.2. The van der Waals surface area contributed by atoms with Gasteiger partial charge in [-0.2, -0.15) is 9.57 Å². The molecule has 0 aliphatic carbocycles. The van der Waals surface area contributed by atoms with Gasteiger partial charge >= 0.3 is 0 Å². The number of rotatable bonds is 2. The molecule has 1 aliphatic heterocycles. The zero-order valence-corrected chi connectivity index (χ0v) is 7.83. The third-order valence-corrected chi connectivity index (χ3v) is 3.38. The molecule has 1 saturated heterocycles. The topological polar surface area (TPSA) is 96.4 Å². The van der Waals surface area contributed by atoms with Crippen LogP contribution in [0.4, 0.5) is 0 Å². The molecule has 0 saturated carbocycles. The summed E-state index contributed by atoms with van der Waals surface area (Å²) in [5, 5.41) is 8.29. The minimum absolute atomic E-state index is 0.185. The van der Waals surface area contributed by atoms with Gasteiger partial charge in [-0.05, 0) is 0 Å². The van der Waals surface area contributed by atoms with E-state index in [9.17, 15) is 8.42 Å². The lowest BCUT2D eigenvalue weighted by atomic mass is 10.4. The molecule has 2 N–H and O–H groups in total. The predicted octanol–water partition coefficient (Wildman–Crippen LogP) is -1.54. The van der Waals surface area contributed by atoms with E-state index in [2.05, 4.69) is 0 Å². The molecule has 13 heavy (non-hydrogen) atoms. The minimum Gasteiger partial charge on any atom is -0.377 e. The molecule has 0 spiro atoms. The van der Waals surface area contributed by atoms with Crippen molar-refractivity contribution in [3.05, 3.63) is 0 Å². The third kappa shape index (κ3) is 2.38. The van der Waals surface area contributed by atoms with Gasteiger partial charge in [-0.3, -0.25) is 0 Å². The first-order chi connectivity index (χ1) is 6.08. The maximum Gasteiger partial charge on any atom is 0.229 e. The molecule has 0 aromatic heterocycles. The van der Waals surface area contributed by atoms with Gasteiger partial charge in [0.1, 0.15) is 0 Å². The van der Waals surface area contributed by atoms with Crippen LogP contribution >= 0.6 is 0 Å². The smallest absolute Gasteiger partial charge is 0.229 e. The number of morpholine rings is 1. The van der Waals surface area contributed by atoms with Crippen LogP contribution in [-0.2, 0) is 14.8 Å². The SMILES string of the molecule is N#CCS(=O)(=O)N1CCOCC1N. The second-order valence-corrected chi connectivity index (χ2v) is 4.59. The van der Waals surface area contributed by atoms with Gasteiger partial charge in [-0.15, -0.1) is 0 Å². The maximum absolute atomic E-state index is 11.4. The summed E-state index contributed by atoms with van der Waals surface area (Å²) in [7, 11) is -3.52. The first kappa shape index (κ1) is 10.4. The van der Waals surface area contributed by atoms with Crippen molar-refractivity contribution in [1.82, 2.24) is 4.31 Å². The van der Waals surface area contributed by atoms with Crippen molar-refractivity contribution in [2.75, 3.05) is 25.5 Å². The average Bonchev–Trinajstić information content (AvgIpc) is 2.04. The summed E-state index contributed by atoms with van der Waals surface area (Å²) in [6, 6.07) is 1.60. The predicted molar refractivity (Wildman–Crippen MR) is 44.9 cm³/mol. The van der Waals surface area contributed by atoms with Gasteiger partial charge in [-0.25, -0.2) is 8.42 Å². The molecule has 7 heteroatoms. The molecule has 6 nitrogen and oxygen atoms in total. The molecular formula is C6H11N3O3S. The van der Waals surface area contributed by atoms with E-state index in [0.29, 0.717) is 6.61 Å². The van der Waals surface area contributed by atoms with E-state index >= 15 is 0 Å². The third-order valence-electron chi connectivity index (χ3n) is 1.72. The van der Waals surface area contributed by atoms with Gasteiger partial charge in [0.25, 0.3) is 0 Å². The molecule has 1 rings (SSSR count). The van der Waals surface area contributed by atoms with Crippen LogP contribution in [0.5, 0.6) is 0 Å². The molecule has 1 unspecified atom stereocenters. The van der Waals surface area contributed by atoms with Gasteiger partial charge in [0.05, 0.1) is 25.4 Å². The van der Waals surface area contributed by atoms with Crippen molar-refractivity contribution in [2.45, 2.75) is 6.17 Å². The van der Waals surface area contributed by atoms with E-state index in [1.807, 2.05) is 0 Å². The highest BCUT2D eigenvalue weighted by Gasteiger charge is 2.29. The molecule has 0 aromatic rings. The Morgan fingerprint density at radius 3 is 2.92 bits per heavy atom. The Morgan fingerprint density at radius 1 is 1.69 bits per heavy atom. The zero-order valence-electron chi connectivity index (χ0n) is 7.01. The lowest BCUT2D eigenvalue weighted by molar-refractivity contribution is 0.0351. The monoisotopic (exact) mass is 205 g/mol. The van der Waals surface area contributed by atoms with Crippen LogP contribution in [0.3, 0.4) is 0 Å². The quantitative estimate of drug-likeness (QED) is 0.589. The Bertz CT molecular complexity index is 308. The molecule has 1 atom stereocenters. The number of hydrogen-bond acceptors (Lipinski definition) is 5. The summed E-state index contributed by atoms with van der Waals surface area (Å²) >= 11 is 0. The van der Waals surface area contributed by atoms with Crippen molar-refractivity contribution >= 4 is 10.0 Å². The van der Waals surface area contributed by atoms with E-state index < -0.39 is 21.9 Å². The van der Waals surface area contributed by atoms with Crippen molar-refractivity contribution < 1.29 is 13.2 Å². The molecule has 0 amide bonds. The van der Waals surface area contributed by atoms with Gasteiger partial charge in [-0.1, -0.05) is 0 Å². The maximum atomic E-state index is 11.4. The number of nitrogens with two attached hydrogens (primary N) is 1. The largest absolute Gasteiger partial charge is 0.377 e. The van der Waals surface area contributed by atoms with Crippen LogP contribution in [0.1, 0.15) is 0 Å². The fraction of sp³-hybridized carbons (Fsp3) is 0.833. The number of ether oxygens (including phenoxy) is 1. The Kier molecular flexibility index (Phi) is 3.22. The normalized spacial score (nSPS) is 25.4. The van der Waals surface area contributed by atoms with Crippen LogP contribution in [0.25, 0.3) is 0 Å².